The molecular weight excluding hydrogens is 542 g/mol. The van der Waals surface area contributed by atoms with E-state index in [4.69, 9.17) is 14.2 Å². The lowest BCUT2D eigenvalue weighted by Gasteiger charge is -2.26. The standard InChI is InChI=1S/C29H39N7O6/c1-29(2,30-3)27(38)32-24(21-40-20-22-12-6-4-7-13-22)25-33-34-35-36(25)17-19-42-28(39)31-16-10-11-18-41-26(37)23-14-8-5-9-15-23/h4-9,12-15,24,30H,10-11,16-21H2,1-3H3,(H,31,39)(H,32,38). The number of hydrogen-bond donors (Lipinski definition) is 3. The maximum absolute atomic E-state index is 12.9. The van der Waals surface area contributed by atoms with Gasteiger partial charge in [0.15, 0.2) is 5.82 Å². The molecule has 0 saturated carbocycles. The van der Waals surface area contributed by atoms with Crippen LogP contribution in [0.15, 0.2) is 60.7 Å². The first-order valence-electron chi connectivity index (χ1n) is 13.8. The predicted molar refractivity (Wildman–Crippen MR) is 153 cm³/mol. The van der Waals surface area contributed by atoms with Gasteiger partial charge in [-0.3, -0.25) is 4.79 Å². The van der Waals surface area contributed by atoms with Crippen LogP contribution in [-0.4, -0.2) is 77.1 Å². The molecule has 2 amide bonds. The molecule has 0 saturated heterocycles. The molecule has 1 aromatic heterocycles. The summed E-state index contributed by atoms with van der Waals surface area (Å²) in [5, 5.41) is 20.5. The smallest absolute Gasteiger partial charge is 0.407 e. The van der Waals surface area contributed by atoms with Gasteiger partial charge in [0.25, 0.3) is 0 Å². The van der Waals surface area contributed by atoms with E-state index in [-0.39, 0.29) is 38.2 Å². The van der Waals surface area contributed by atoms with Crippen LogP contribution < -0.4 is 16.0 Å². The van der Waals surface area contributed by atoms with Crippen molar-refractivity contribution in [1.29, 1.82) is 0 Å². The van der Waals surface area contributed by atoms with E-state index in [2.05, 4.69) is 31.5 Å². The summed E-state index contributed by atoms with van der Waals surface area (Å²) in [5.74, 6) is -0.254. The summed E-state index contributed by atoms with van der Waals surface area (Å²) in [7, 11) is 1.70. The molecule has 0 spiro atoms. The van der Waals surface area contributed by atoms with Crippen LogP contribution in [0, 0.1) is 0 Å². The van der Waals surface area contributed by atoms with E-state index in [1.54, 1.807) is 45.2 Å². The molecule has 0 aliphatic heterocycles. The monoisotopic (exact) mass is 581 g/mol. The van der Waals surface area contributed by atoms with Gasteiger partial charge in [-0.05, 0) is 61.9 Å². The van der Waals surface area contributed by atoms with Gasteiger partial charge in [0.2, 0.25) is 5.91 Å². The average molecular weight is 582 g/mol. The normalized spacial score (nSPS) is 11.9. The summed E-state index contributed by atoms with van der Waals surface area (Å²) in [4.78, 5) is 37.0. The van der Waals surface area contributed by atoms with Crippen molar-refractivity contribution in [2.75, 3.05) is 33.4 Å². The maximum Gasteiger partial charge on any atom is 0.407 e. The first-order chi connectivity index (χ1) is 20.3. The molecule has 13 nitrogen and oxygen atoms in total. The molecule has 0 bridgehead atoms. The number of esters is 1. The van der Waals surface area contributed by atoms with E-state index in [0.717, 1.165) is 5.56 Å². The summed E-state index contributed by atoms with van der Waals surface area (Å²) >= 11 is 0. The molecular formula is C29H39N7O6. The fourth-order valence-electron chi connectivity index (χ4n) is 3.64. The lowest BCUT2D eigenvalue weighted by Crippen LogP contribution is -2.52. The molecule has 0 aliphatic rings. The second-order valence-corrected chi connectivity index (χ2v) is 9.93. The third-order valence-electron chi connectivity index (χ3n) is 6.38. The minimum atomic E-state index is -0.833. The number of carbonyl (C=O) groups is 3. The Labute approximate surface area is 245 Å². The number of rotatable bonds is 17. The Kier molecular flexibility index (Phi) is 12.9. The van der Waals surface area contributed by atoms with Gasteiger partial charge in [0, 0.05) is 6.54 Å². The molecule has 1 atom stereocenters. The quantitative estimate of drug-likeness (QED) is 0.160. The lowest BCUT2D eigenvalue weighted by molar-refractivity contribution is -0.127. The van der Waals surface area contributed by atoms with Crippen molar-refractivity contribution in [3.05, 3.63) is 77.6 Å². The average Bonchev–Trinajstić information content (AvgIpc) is 3.47. The lowest BCUT2D eigenvalue weighted by atomic mass is 10.0. The Balaban J connectivity index is 1.42. The molecule has 3 aromatic rings. The van der Waals surface area contributed by atoms with Gasteiger partial charge in [-0.15, -0.1) is 5.10 Å². The highest BCUT2D eigenvalue weighted by atomic mass is 16.5. The van der Waals surface area contributed by atoms with Crippen LogP contribution in [0.25, 0.3) is 0 Å². The zero-order valence-electron chi connectivity index (χ0n) is 24.2. The molecule has 0 aliphatic carbocycles. The SMILES string of the molecule is CNC(C)(C)C(=O)NC(COCc1ccccc1)c1nnnn1CCOC(=O)NCCCCOC(=O)c1ccccc1. The summed E-state index contributed by atoms with van der Waals surface area (Å²) in [6.45, 7) is 4.80. The Morgan fingerprint density at radius 1 is 0.952 bits per heavy atom. The van der Waals surface area contributed by atoms with Crippen molar-refractivity contribution in [2.45, 2.75) is 51.4 Å². The number of nitrogens with zero attached hydrogens (tertiary/aromatic N) is 4. The number of benzene rings is 2. The Morgan fingerprint density at radius 2 is 1.67 bits per heavy atom. The van der Waals surface area contributed by atoms with Crippen molar-refractivity contribution >= 4 is 18.0 Å². The highest BCUT2D eigenvalue weighted by Crippen LogP contribution is 2.14. The maximum atomic E-state index is 12.9. The molecule has 1 heterocycles. The molecule has 2 aromatic carbocycles. The first-order valence-corrected chi connectivity index (χ1v) is 13.8. The second-order valence-electron chi connectivity index (χ2n) is 9.93. The summed E-state index contributed by atoms with van der Waals surface area (Å²) < 4.78 is 17.8. The first kappa shape index (κ1) is 32.2. The Hall–Kier alpha value is -4.36. The van der Waals surface area contributed by atoms with Gasteiger partial charge < -0.3 is 30.2 Å². The number of unbranched alkanes of at least 4 members (excludes halogenated alkanes) is 1. The number of ether oxygens (including phenoxy) is 3. The van der Waals surface area contributed by atoms with Crippen molar-refractivity contribution < 1.29 is 28.6 Å². The van der Waals surface area contributed by atoms with Crippen LogP contribution >= 0.6 is 0 Å². The van der Waals surface area contributed by atoms with Crippen molar-refractivity contribution in [3.63, 3.8) is 0 Å². The topological polar surface area (TPSA) is 159 Å². The van der Waals surface area contributed by atoms with E-state index >= 15 is 0 Å². The van der Waals surface area contributed by atoms with Crippen LogP contribution in [0.4, 0.5) is 4.79 Å². The fourth-order valence-corrected chi connectivity index (χ4v) is 3.64. The molecule has 226 valence electrons. The van der Waals surface area contributed by atoms with Gasteiger partial charge in [0.1, 0.15) is 12.6 Å². The molecule has 13 heteroatoms. The van der Waals surface area contributed by atoms with Crippen molar-refractivity contribution in [3.8, 4) is 0 Å². The van der Waals surface area contributed by atoms with Crippen LogP contribution in [0.3, 0.4) is 0 Å². The van der Waals surface area contributed by atoms with Gasteiger partial charge in [-0.2, -0.15) is 0 Å². The number of nitrogens with one attached hydrogen (secondary N) is 3. The molecule has 3 rings (SSSR count). The van der Waals surface area contributed by atoms with Crippen LogP contribution in [0.5, 0.6) is 0 Å². The van der Waals surface area contributed by atoms with Crippen molar-refractivity contribution in [2.24, 2.45) is 0 Å². The molecule has 3 N–H and O–H groups in total. The van der Waals surface area contributed by atoms with E-state index in [9.17, 15) is 14.4 Å². The van der Waals surface area contributed by atoms with Crippen LogP contribution in [0.2, 0.25) is 0 Å². The van der Waals surface area contributed by atoms with E-state index < -0.39 is 17.7 Å². The summed E-state index contributed by atoms with van der Waals surface area (Å²) in [6.07, 6.45) is 0.621. The van der Waals surface area contributed by atoms with E-state index in [0.29, 0.717) is 37.4 Å². The largest absolute Gasteiger partial charge is 0.462 e. The number of aromatic nitrogens is 4. The fraction of sp³-hybridized carbons (Fsp3) is 0.448. The van der Waals surface area contributed by atoms with Crippen LogP contribution in [0.1, 0.15) is 54.5 Å². The zero-order chi connectivity index (χ0) is 30.2. The number of hydrogen-bond acceptors (Lipinski definition) is 10. The number of amides is 2. The van der Waals surface area contributed by atoms with Crippen LogP contribution in [-0.2, 0) is 32.2 Å². The van der Waals surface area contributed by atoms with Gasteiger partial charge >= 0.3 is 12.1 Å². The number of likely N-dealkylation sites (N-methyl/N-ethyl adjacent to an activating group) is 1. The minimum Gasteiger partial charge on any atom is -0.462 e. The van der Waals surface area contributed by atoms with Gasteiger partial charge in [-0.1, -0.05) is 48.5 Å². The Morgan fingerprint density at radius 3 is 2.38 bits per heavy atom. The molecule has 1 unspecified atom stereocenters. The molecule has 0 fully saturated rings. The summed E-state index contributed by atoms with van der Waals surface area (Å²) in [5.41, 5.74) is 0.659. The van der Waals surface area contributed by atoms with Gasteiger partial charge in [0.05, 0.1) is 37.5 Å². The number of alkyl carbamates (subject to hydrolysis) is 1. The number of carbonyl (C=O) groups excluding carboxylic acids is 3. The summed E-state index contributed by atoms with van der Waals surface area (Å²) in [6, 6.07) is 17.8. The highest BCUT2D eigenvalue weighted by molar-refractivity contribution is 5.89. The zero-order valence-corrected chi connectivity index (χ0v) is 24.2. The van der Waals surface area contributed by atoms with Crippen molar-refractivity contribution in [1.82, 2.24) is 36.2 Å². The highest BCUT2D eigenvalue weighted by Gasteiger charge is 2.30. The van der Waals surface area contributed by atoms with Gasteiger partial charge in [-0.25, -0.2) is 14.3 Å². The van der Waals surface area contributed by atoms with E-state index in [1.165, 1.54) is 4.68 Å². The van der Waals surface area contributed by atoms with E-state index in [1.807, 2.05) is 36.4 Å². The Bertz CT molecular complexity index is 1250. The predicted octanol–water partition coefficient (Wildman–Crippen LogP) is 2.41. The minimum absolute atomic E-state index is 0.00606. The number of tetrazole rings is 1. The second kappa shape index (κ2) is 16.8. The molecule has 0 radical (unpaired) electrons. The third-order valence-corrected chi connectivity index (χ3v) is 6.38. The third kappa shape index (κ3) is 10.6. The molecule has 42 heavy (non-hydrogen) atoms.